The lowest BCUT2D eigenvalue weighted by Crippen LogP contribution is -2.17. The second-order valence-corrected chi connectivity index (χ2v) is 8.90. The normalized spacial score (nSPS) is 11.5. The first-order valence-electron chi connectivity index (χ1n) is 11.5. The Labute approximate surface area is 201 Å². The lowest BCUT2D eigenvalue weighted by Gasteiger charge is -2.09. The quantitative estimate of drug-likeness (QED) is 0.268. The van der Waals surface area contributed by atoms with Crippen molar-refractivity contribution >= 4 is 33.4 Å². The first kappa shape index (κ1) is 20.9. The smallest absolute Gasteiger partial charge is 0.226 e. The molecule has 0 saturated carbocycles. The van der Waals surface area contributed by atoms with E-state index in [0.717, 1.165) is 61.1 Å². The SMILES string of the molecule is CC(C)C(=O)Nc1cccc(-c2ccc3[nH]nc(-c4cc5c(-c6ccoc6)cncc5[nH]4)c3c2)c1. The highest BCUT2D eigenvalue weighted by molar-refractivity contribution is 6.01. The van der Waals surface area contributed by atoms with E-state index in [1.807, 2.05) is 62.6 Å². The van der Waals surface area contributed by atoms with Gasteiger partial charge in [0.15, 0.2) is 0 Å². The molecule has 1 amide bonds. The molecule has 0 spiro atoms. The zero-order valence-electron chi connectivity index (χ0n) is 19.3. The molecule has 0 unspecified atom stereocenters. The van der Waals surface area contributed by atoms with Gasteiger partial charge in [-0.15, -0.1) is 0 Å². The van der Waals surface area contributed by atoms with Crippen LogP contribution in [0.2, 0.25) is 0 Å². The molecular formula is C28H23N5O2. The second kappa shape index (κ2) is 8.29. The number of pyridine rings is 1. The number of carbonyl (C=O) groups excluding carboxylic acids is 1. The number of hydrogen-bond donors (Lipinski definition) is 3. The van der Waals surface area contributed by atoms with E-state index in [-0.39, 0.29) is 11.8 Å². The van der Waals surface area contributed by atoms with Gasteiger partial charge >= 0.3 is 0 Å². The van der Waals surface area contributed by atoms with E-state index in [1.54, 1.807) is 12.5 Å². The highest BCUT2D eigenvalue weighted by Gasteiger charge is 2.15. The van der Waals surface area contributed by atoms with Crippen LogP contribution in [0.25, 0.3) is 55.4 Å². The summed E-state index contributed by atoms with van der Waals surface area (Å²) in [4.78, 5) is 20.0. The first-order chi connectivity index (χ1) is 17.1. The maximum atomic E-state index is 12.1. The summed E-state index contributed by atoms with van der Waals surface area (Å²) < 4.78 is 5.27. The molecule has 6 aromatic rings. The molecule has 0 fully saturated rings. The standard InChI is InChI=1S/C28H23N5O2/c1-16(2)28(34)30-20-5-3-4-17(10-20)18-6-7-24-22(11-18)27(33-32-24)25-12-21-23(19-8-9-35-15-19)13-29-14-26(21)31-25/h3-16,31H,1-2H3,(H,30,34)(H,32,33). The van der Waals surface area contributed by atoms with Crippen LogP contribution in [0.5, 0.6) is 0 Å². The molecule has 7 nitrogen and oxygen atoms in total. The minimum Gasteiger partial charge on any atom is -0.472 e. The summed E-state index contributed by atoms with van der Waals surface area (Å²) in [5.41, 5.74) is 8.43. The summed E-state index contributed by atoms with van der Waals surface area (Å²) in [6.45, 7) is 3.76. The van der Waals surface area contributed by atoms with E-state index in [4.69, 9.17) is 4.42 Å². The van der Waals surface area contributed by atoms with Crippen LogP contribution < -0.4 is 5.32 Å². The number of nitrogens with one attached hydrogen (secondary N) is 3. The summed E-state index contributed by atoms with van der Waals surface area (Å²) in [7, 11) is 0. The van der Waals surface area contributed by atoms with E-state index in [0.29, 0.717) is 0 Å². The topological polar surface area (TPSA) is 99.6 Å². The van der Waals surface area contributed by atoms with Crippen LogP contribution in [0.4, 0.5) is 5.69 Å². The Kier molecular flexibility index (Phi) is 4.95. The number of H-pyrrole nitrogens is 2. The summed E-state index contributed by atoms with van der Waals surface area (Å²) in [6.07, 6.45) is 7.04. The van der Waals surface area contributed by atoms with Crippen molar-refractivity contribution in [2.24, 2.45) is 5.92 Å². The molecule has 35 heavy (non-hydrogen) atoms. The molecule has 3 N–H and O–H groups in total. The Morgan fingerprint density at radius 3 is 2.66 bits per heavy atom. The Morgan fingerprint density at radius 2 is 1.83 bits per heavy atom. The first-order valence-corrected chi connectivity index (χ1v) is 11.5. The van der Waals surface area contributed by atoms with Gasteiger partial charge in [-0.05, 0) is 47.5 Å². The van der Waals surface area contributed by atoms with Crippen LogP contribution in [-0.2, 0) is 4.79 Å². The minimum absolute atomic E-state index is 0.00202. The van der Waals surface area contributed by atoms with Gasteiger partial charge in [0.2, 0.25) is 5.91 Å². The van der Waals surface area contributed by atoms with Gasteiger partial charge < -0.3 is 14.7 Å². The molecule has 6 rings (SSSR count). The molecule has 0 aliphatic heterocycles. The van der Waals surface area contributed by atoms with Crippen LogP contribution >= 0.6 is 0 Å². The molecule has 7 heteroatoms. The number of amides is 1. The molecule has 0 saturated heterocycles. The lowest BCUT2D eigenvalue weighted by atomic mass is 10.0. The van der Waals surface area contributed by atoms with Gasteiger partial charge in [0.25, 0.3) is 0 Å². The Balaban J connectivity index is 1.41. The molecule has 2 aromatic carbocycles. The summed E-state index contributed by atoms with van der Waals surface area (Å²) in [6, 6.07) is 18.1. The third kappa shape index (κ3) is 3.77. The van der Waals surface area contributed by atoms with Crippen molar-refractivity contribution in [3.05, 3.63) is 79.5 Å². The number of hydrogen-bond acceptors (Lipinski definition) is 4. The maximum Gasteiger partial charge on any atom is 0.226 e. The van der Waals surface area contributed by atoms with Gasteiger partial charge in [-0.1, -0.05) is 32.0 Å². The molecule has 0 aliphatic rings. The monoisotopic (exact) mass is 461 g/mol. The maximum absolute atomic E-state index is 12.1. The molecule has 0 atom stereocenters. The average molecular weight is 462 g/mol. The minimum atomic E-state index is -0.0796. The van der Waals surface area contributed by atoms with Gasteiger partial charge in [-0.25, -0.2) is 0 Å². The van der Waals surface area contributed by atoms with E-state index >= 15 is 0 Å². The highest BCUT2D eigenvalue weighted by atomic mass is 16.3. The van der Waals surface area contributed by atoms with Crippen LogP contribution in [0, 0.1) is 5.92 Å². The second-order valence-electron chi connectivity index (χ2n) is 8.90. The largest absolute Gasteiger partial charge is 0.472 e. The third-order valence-electron chi connectivity index (χ3n) is 6.18. The number of furan rings is 1. The Hall–Kier alpha value is -4.65. The fraction of sp³-hybridized carbons (Fsp3) is 0.107. The van der Waals surface area contributed by atoms with Gasteiger partial charge in [0.05, 0.1) is 35.5 Å². The highest BCUT2D eigenvalue weighted by Crippen LogP contribution is 2.35. The molecule has 4 heterocycles. The van der Waals surface area contributed by atoms with Gasteiger partial charge in [0, 0.05) is 39.7 Å². The van der Waals surface area contributed by atoms with Crippen LogP contribution in [-0.4, -0.2) is 26.1 Å². The molecule has 0 radical (unpaired) electrons. The number of nitrogens with zero attached hydrogens (tertiary/aromatic N) is 2. The predicted octanol–water partition coefficient (Wildman–Crippen LogP) is 6.63. The van der Waals surface area contributed by atoms with Crippen molar-refractivity contribution in [3.8, 4) is 33.6 Å². The average Bonchev–Trinajstić information content (AvgIpc) is 3.62. The van der Waals surface area contributed by atoms with Gasteiger partial charge in [-0.2, -0.15) is 5.10 Å². The Morgan fingerprint density at radius 1 is 0.943 bits per heavy atom. The van der Waals surface area contributed by atoms with Crippen molar-refractivity contribution in [2.45, 2.75) is 13.8 Å². The number of rotatable bonds is 5. The Bertz CT molecular complexity index is 1670. The van der Waals surface area contributed by atoms with Crippen molar-refractivity contribution in [3.63, 3.8) is 0 Å². The van der Waals surface area contributed by atoms with E-state index in [2.05, 4.69) is 43.7 Å². The fourth-order valence-corrected chi connectivity index (χ4v) is 4.29. The van der Waals surface area contributed by atoms with Crippen LogP contribution in [0.15, 0.2) is 83.9 Å². The summed E-state index contributed by atoms with van der Waals surface area (Å²) >= 11 is 0. The summed E-state index contributed by atoms with van der Waals surface area (Å²) in [5, 5.41) is 12.8. The number of aromatic nitrogens is 4. The van der Waals surface area contributed by atoms with E-state index in [1.165, 1.54) is 0 Å². The molecule has 0 bridgehead atoms. The number of benzene rings is 2. The van der Waals surface area contributed by atoms with E-state index < -0.39 is 0 Å². The van der Waals surface area contributed by atoms with E-state index in [9.17, 15) is 4.79 Å². The fourth-order valence-electron chi connectivity index (χ4n) is 4.29. The number of anilines is 1. The van der Waals surface area contributed by atoms with Crippen LogP contribution in [0.1, 0.15) is 13.8 Å². The molecule has 4 aromatic heterocycles. The van der Waals surface area contributed by atoms with Crippen molar-refractivity contribution < 1.29 is 9.21 Å². The van der Waals surface area contributed by atoms with Crippen molar-refractivity contribution in [2.75, 3.05) is 5.32 Å². The summed E-state index contributed by atoms with van der Waals surface area (Å²) in [5.74, 6) is -0.0816. The van der Waals surface area contributed by atoms with Crippen LogP contribution in [0.3, 0.4) is 0 Å². The number of fused-ring (bicyclic) bond motifs is 2. The third-order valence-corrected chi connectivity index (χ3v) is 6.18. The molecule has 172 valence electrons. The molecule has 0 aliphatic carbocycles. The zero-order chi connectivity index (χ0) is 23.9. The van der Waals surface area contributed by atoms with Crippen molar-refractivity contribution in [1.29, 1.82) is 0 Å². The number of aromatic amines is 2. The van der Waals surface area contributed by atoms with Gasteiger partial charge in [0.1, 0.15) is 5.69 Å². The number of carbonyl (C=O) groups is 1. The van der Waals surface area contributed by atoms with Crippen molar-refractivity contribution in [1.82, 2.24) is 20.2 Å². The predicted molar refractivity (Wildman–Crippen MR) is 138 cm³/mol. The molecular weight excluding hydrogens is 438 g/mol. The zero-order valence-corrected chi connectivity index (χ0v) is 19.3. The van der Waals surface area contributed by atoms with Gasteiger partial charge in [-0.3, -0.25) is 14.9 Å². The lowest BCUT2D eigenvalue weighted by molar-refractivity contribution is -0.118.